The van der Waals surface area contributed by atoms with Crippen LogP contribution < -0.4 is 11.1 Å². The predicted octanol–water partition coefficient (Wildman–Crippen LogP) is 1.43. The number of amides is 1. The molecule has 0 aliphatic rings. The van der Waals surface area contributed by atoms with Gasteiger partial charge in [0.2, 0.25) is 5.91 Å². The zero-order valence-corrected chi connectivity index (χ0v) is 9.44. The van der Waals surface area contributed by atoms with Crippen molar-refractivity contribution in [2.75, 3.05) is 18.0 Å². The number of pyridine rings is 1. The number of nitrogens with zero attached hydrogens (tertiary/aromatic N) is 1. The number of thioether (sulfide) groups is 1. The second-order valence-electron chi connectivity index (χ2n) is 3.11. The van der Waals surface area contributed by atoms with E-state index >= 15 is 0 Å². The van der Waals surface area contributed by atoms with Crippen LogP contribution in [0.4, 0.5) is 18.9 Å². The van der Waals surface area contributed by atoms with Crippen LogP contribution in [-0.2, 0) is 4.79 Å². The standard InChI is InChI=1S/C9H10F3N3OS/c10-9(11,12)5-15-7(16)4-17-8-2-1-6(13)3-14-8/h1-3H,4-5,13H2,(H,15,16). The summed E-state index contributed by atoms with van der Waals surface area (Å²) in [6, 6.07) is 3.19. The summed E-state index contributed by atoms with van der Waals surface area (Å²) in [4.78, 5) is 14.9. The SMILES string of the molecule is Nc1ccc(SCC(=O)NCC(F)(F)F)nc1. The summed E-state index contributed by atoms with van der Waals surface area (Å²) in [5.74, 6) is -0.807. The molecule has 1 rings (SSSR count). The Bertz CT molecular complexity index is 380. The van der Waals surface area contributed by atoms with Crippen molar-refractivity contribution in [3.8, 4) is 0 Å². The minimum absolute atomic E-state index is 0.118. The molecule has 0 spiro atoms. The van der Waals surface area contributed by atoms with E-state index in [2.05, 4.69) is 4.98 Å². The third-order valence-electron chi connectivity index (χ3n) is 1.60. The highest BCUT2D eigenvalue weighted by Gasteiger charge is 2.27. The van der Waals surface area contributed by atoms with Gasteiger partial charge in [0.25, 0.3) is 0 Å². The van der Waals surface area contributed by atoms with Gasteiger partial charge < -0.3 is 11.1 Å². The van der Waals surface area contributed by atoms with Crippen LogP contribution in [0, 0.1) is 0 Å². The van der Waals surface area contributed by atoms with Crippen molar-refractivity contribution < 1.29 is 18.0 Å². The van der Waals surface area contributed by atoms with Crippen LogP contribution in [0.3, 0.4) is 0 Å². The van der Waals surface area contributed by atoms with Gasteiger partial charge >= 0.3 is 6.18 Å². The number of nitrogens with two attached hydrogens (primary N) is 1. The van der Waals surface area contributed by atoms with E-state index in [0.29, 0.717) is 10.7 Å². The summed E-state index contributed by atoms with van der Waals surface area (Å²) in [6.45, 7) is -1.32. The van der Waals surface area contributed by atoms with Crippen LogP contribution in [-0.4, -0.2) is 29.4 Å². The lowest BCUT2D eigenvalue weighted by Crippen LogP contribution is -2.34. The van der Waals surface area contributed by atoms with E-state index in [9.17, 15) is 18.0 Å². The Morgan fingerprint density at radius 3 is 2.71 bits per heavy atom. The highest BCUT2D eigenvalue weighted by atomic mass is 32.2. The number of carbonyl (C=O) groups excluding carboxylic acids is 1. The number of halogens is 3. The minimum atomic E-state index is -4.39. The summed E-state index contributed by atoms with van der Waals surface area (Å²) in [5.41, 5.74) is 5.88. The zero-order chi connectivity index (χ0) is 12.9. The number of nitrogen functional groups attached to an aromatic ring is 1. The maximum Gasteiger partial charge on any atom is 0.405 e. The van der Waals surface area contributed by atoms with Crippen molar-refractivity contribution in [2.45, 2.75) is 11.2 Å². The van der Waals surface area contributed by atoms with E-state index in [0.717, 1.165) is 11.8 Å². The Morgan fingerprint density at radius 2 is 2.18 bits per heavy atom. The zero-order valence-electron chi connectivity index (χ0n) is 8.62. The Hall–Kier alpha value is -1.44. The molecule has 8 heteroatoms. The molecule has 0 fully saturated rings. The molecule has 0 bridgehead atoms. The lowest BCUT2D eigenvalue weighted by atomic mass is 10.4. The van der Waals surface area contributed by atoms with Gasteiger partial charge in [0, 0.05) is 0 Å². The molecule has 3 N–H and O–H groups in total. The second-order valence-corrected chi connectivity index (χ2v) is 4.11. The van der Waals surface area contributed by atoms with Crippen molar-refractivity contribution >= 4 is 23.4 Å². The molecule has 1 amide bonds. The number of hydrogen-bond acceptors (Lipinski definition) is 4. The summed E-state index contributed by atoms with van der Waals surface area (Å²) in [7, 11) is 0. The Kier molecular flexibility index (Phi) is 4.62. The molecule has 0 unspecified atom stereocenters. The van der Waals surface area contributed by atoms with Gasteiger partial charge in [-0.15, -0.1) is 0 Å². The van der Waals surface area contributed by atoms with E-state index in [1.807, 2.05) is 0 Å². The molecule has 0 aliphatic heterocycles. The second kappa shape index (κ2) is 5.76. The van der Waals surface area contributed by atoms with E-state index in [-0.39, 0.29) is 5.75 Å². The number of hydrogen-bond donors (Lipinski definition) is 2. The Labute approximate surface area is 99.8 Å². The lowest BCUT2D eigenvalue weighted by molar-refractivity contribution is -0.136. The van der Waals surface area contributed by atoms with Crippen molar-refractivity contribution in [3.63, 3.8) is 0 Å². The average Bonchev–Trinajstić information content (AvgIpc) is 2.25. The monoisotopic (exact) mass is 265 g/mol. The Balaban J connectivity index is 2.31. The molecular weight excluding hydrogens is 255 g/mol. The fourth-order valence-electron chi connectivity index (χ4n) is 0.866. The summed E-state index contributed by atoms with van der Waals surface area (Å²) in [5, 5.41) is 2.30. The summed E-state index contributed by atoms with van der Waals surface area (Å²) < 4.78 is 35.3. The first-order valence-electron chi connectivity index (χ1n) is 4.54. The minimum Gasteiger partial charge on any atom is -0.397 e. The topological polar surface area (TPSA) is 68.0 Å². The molecule has 1 aromatic heterocycles. The first kappa shape index (κ1) is 13.6. The van der Waals surface area contributed by atoms with Crippen molar-refractivity contribution in [1.82, 2.24) is 10.3 Å². The fraction of sp³-hybridized carbons (Fsp3) is 0.333. The predicted molar refractivity (Wildman–Crippen MR) is 58.4 cm³/mol. The number of rotatable bonds is 4. The number of alkyl halides is 3. The normalized spacial score (nSPS) is 11.2. The molecule has 0 aromatic carbocycles. The summed E-state index contributed by atoms with van der Waals surface area (Å²) >= 11 is 1.04. The van der Waals surface area contributed by atoms with Gasteiger partial charge in [-0.1, -0.05) is 11.8 Å². The summed E-state index contributed by atoms with van der Waals surface area (Å²) in [6.07, 6.45) is -2.98. The largest absolute Gasteiger partial charge is 0.405 e. The number of anilines is 1. The molecule has 1 aromatic rings. The lowest BCUT2D eigenvalue weighted by Gasteiger charge is -2.07. The van der Waals surface area contributed by atoms with Gasteiger partial charge in [-0.3, -0.25) is 4.79 Å². The van der Waals surface area contributed by atoms with Gasteiger partial charge in [-0.25, -0.2) is 4.98 Å². The Morgan fingerprint density at radius 1 is 1.47 bits per heavy atom. The average molecular weight is 265 g/mol. The van der Waals surface area contributed by atoms with Gasteiger partial charge in [0.1, 0.15) is 6.54 Å². The first-order chi connectivity index (χ1) is 7.87. The molecule has 0 saturated carbocycles. The van der Waals surface area contributed by atoms with Crippen LogP contribution in [0.15, 0.2) is 23.4 Å². The number of carbonyl (C=O) groups is 1. The molecule has 17 heavy (non-hydrogen) atoms. The molecule has 94 valence electrons. The van der Waals surface area contributed by atoms with E-state index < -0.39 is 18.6 Å². The molecular formula is C9H10F3N3OS. The van der Waals surface area contributed by atoms with Crippen molar-refractivity contribution in [2.24, 2.45) is 0 Å². The molecule has 0 aliphatic carbocycles. The van der Waals surface area contributed by atoms with E-state index in [1.165, 1.54) is 6.20 Å². The maximum atomic E-state index is 11.8. The molecule has 0 radical (unpaired) electrons. The number of nitrogens with one attached hydrogen (secondary N) is 1. The third-order valence-corrected chi connectivity index (χ3v) is 2.54. The van der Waals surface area contributed by atoms with E-state index in [1.54, 1.807) is 17.4 Å². The van der Waals surface area contributed by atoms with Gasteiger partial charge in [-0.2, -0.15) is 13.2 Å². The smallest absolute Gasteiger partial charge is 0.397 e. The molecule has 0 saturated heterocycles. The molecule has 1 heterocycles. The fourth-order valence-corrected chi connectivity index (χ4v) is 1.54. The van der Waals surface area contributed by atoms with Crippen LogP contribution in [0.25, 0.3) is 0 Å². The van der Waals surface area contributed by atoms with Gasteiger partial charge in [0.15, 0.2) is 0 Å². The number of aromatic nitrogens is 1. The van der Waals surface area contributed by atoms with Crippen LogP contribution in [0.1, 0.15) is 0 Å². The third kappa shape index (κ3) is 6.00. The van der Waals surface area contributed by atoms with Crippen LogP contribution in [0.5, 0.6) is 0 Å². The van der Waals surface area contributed by atoms with E-state index in [4.69, 9.17) is 5.73 Å². The highest BCUT2D eigenvalue weighted by Crippen LogP contribution is 2.16. The van der Waals surface area contributed by atoms with Crippen LogP contribution in [0.2, 0.25) is 0 Å². The highest BCUT2D eigenvalue weighted by molar-refractivity contribution is 7.99. The van der Waals surface area contributed by atoms with Crippen LogP contribution >= 0.6 is 11.8 Å². The maximum absolute atomic E-state index is 11.8. The molecule has 0 atom stereocenters. The quantitative estimate of drug-likeness (QED) is 0.808. The van der Waals surface area contributed by atoms with Crippen molar-refractivity contribution in [1.29, 1.82) is 0 Å². The van der Waals surface area contributed by atoms with Gasteiger partial charge in [-0.05, 0) is 12.1 Å². The first-order valence-corrected chi connectivity index (χ1v) is 5.53. The van der Waals surface area contributed by atoms with Gasteiger partial charge in [0.05, 0.1) is 22.7 Å². The van der Waals surface area contributed by atoms with Crippen molar-refractivity contribution in [3.05, 3.63) is 18.3 Å². The molecule has 4 nitrogen and oxygen atoms in total.